The summed E-state index contributed by atoms with van der Waals surface area (Å²) < 4.78 is 28.6. The van der Waals surface area contributed by atoms with Gasteiger partial charge in [-0.1, -0.05) is 11.6 Å². The number of nitrogens with zero attached hydrogens (tertiary/aromatic N) is 1. The fraction of sp³-hybridized carbons (Fsp3) is 0.0833. The average molecular weight is 378 g/mol. The highest BCUT2D eigenvalue weighted by Crippen LogP contribution is 2.26. The molecule has 1 N–H and O–H groups in total. The summed E-state index contributed by atoms with van der Waals surface area (Å²) in [5.41, 5.74) is 0.0837. The van der Waals surface area contributed by atoms with E-state index < -0.39 is 10.0 Å². The van der Waals surface area contributed by atoms with Crippen LogP contribution in [0.15, 0.2) is 50.7 Å². The second kappa shape index (κ2) is 5.59. The Morgan fingerprint density at radius 2 is 1.95 bits per heavy atom. The molecule has 0 fully saturated rings. The van der Waals surface area contributed by atoms with Gasteiger partial charge < -0.3 is 4.57 Å². The molecule has 1 aromatic carbocycles. The molecule has 1 heterocycles. The highest BCUT2D eigenvalue weighted by molar-refractivity contribution is 9.10. The maximum Gasteiger partial charge on any atom is 0.261 e. The molecule has 8 heteroatoms. The van der Waals surface area contributed by atoms with Crippen LogP contribution in [0.25, 0.3) is 0 Å². The second-order valence-corrected chi connectivity index (χ2v) is 6.99. The lowest BCUT2D eigenvalue weighted by atomic mass is 10.4. The van der Waals surface area contributed by atoms with Gasteiger partial charge in [-0.05, 0) is 40.2 Å². The summed E-state index contributed by atoms with van der Waals surface area (Å²) in [5.74, 6) is 0. The molecule has 0 saturated carbocycles. The SMILES string of the molecule is Cn1cc(NS(=O)(=O)c2ccc(Cl)c(Br)c2)ccc1=O. The Labute approximate surface area is 129 Å². The van der Waals surface area contributed by atoms with Gasteiger partial charge in [0.1, 0.15) is 0 Å². The smallest absolute Gasteiger partial charge is 0.261 e. The van der Waals surface area contributed by atoms with Gasteiger partial charge in [0.15, 0.2) is 0 Å². The van der Waals surface area contributed by atoms with Crippen molar-refractivity contribution in [3.8, 4) is 0 Å². The van der Waals surface area contributed by atoms with Gasteiger partial charge in [-0.25, -0.2) is 8.42 Å². The van der Waals surface area contributed by atoms with Gasteiger partial charge >= 0.3 is 0 Å². The van der Waals surface area contributed by atoms with E-state index in [1.807, 2.05) is 0 Å². The number of aromatic nitrogens is 1. The molecule has 1 aromatic heterocycles. The second-order valence-electron chi connectivity index (χ2n) is 4.05. The molecule has 2 rings (SSSR count). The lowest BCUT2D eigenvalue weighted by molar-refractivity contribution is 0.601. The van der Waals surface area contributed by atoms with Crippen LogP contribution in [0.1, 0.15) is 0 Å². The zero-order chi connectivity index (χ0) is 14.9. The summed E-state index contributed by atoms with van der Waals surface area (Å²) in [6, 6.07) is 6.99. The van der Waals surface area contributed by atoms with Crippen LogP contribution >= 0.6 is 27.5 Å². The zero-order valence-electron chi connectivity index (χ0n) is 10.3. The number of hydrogen-bond acceptors (Lipinski definition) is 3. The van der Waals surface area contributed by atoms with E-state index in [-0.39, 0.29) is 10.5 Å². The number of pyridine rings is 1. The normalized spacial score (nSPS) is 11.3. The minimum atomic E-state index is -3.74. The molecule has 0 radical (unpaired) electrons. The van der Waals surface area contributed by atoms with Crippen molar-refractivity contribution in [3.05, 3.63) is 56.4 Å². The first kappa shape index (κ1) is 15.1. The molecule has 0 unspecified atom stereocenters. The molecule has 0 aliphatic carbocycles. The van der Waals surface area contributed by atoms with Gasteiger partial charge in [0.05, 0.1) is 15.6 Å². The monoisotopic (exact) mass is 376 g/mol. The maximum absolute atomic E-state index is 12.2. The number of halogens is 2. The minimum Gasteiger partial charge on any atom is -0.316 e. The topological polar surface area (TPSA) is 68.2 Å². The number of aryl methyl sites for hydroxylation is 1. The van der Waals surface area contributed by atoms with E-state index in [1.165, 1.54) is 41.1 Å². The van der Waals surface area contributed by atoms with E-state index in [9.17, 15) is 13.2 Å². The Kier molecular flexibility index (Phi) is 4.22. The standard InChI is InChI=1S/C12H10BrClN2O3S/c1-16-7-8(2-5-12(16)17)15-20(18,19)9-3-4-11(14)10(13)6-9/h2-7,15H,1H3. The van der Waals surface area contributed by atoms with Crippen molar-refractivity contribution in [3.63, 3.8) is 0 Å². The van der Waals surface area contributed by atoms with E-state index in [2.05, 4.69) is 20.7 Å². The Hall–Kier alpha value is -1.31. The highest BCUT2D eigenvalue weighted by Gasteiger charge is 2.15. The number of benzene rings is 1. The fourth-order valence-corrected chi connectivity index (χ4v) is 3.23. The molecule has 0 aliphatic heterocycles. The predicted molar refractivity (Wildman–Crippen MR) is 81.6 cm³/mol. The van der Waals surface area contributed by atoms with E-state index in [1.54, 1.807) is 7.05 Å². The van der Waals surface area contributed by atoms with Crippen LogP contribution in [-0.4, -0.2) is 13.0 Å². The molecule has 0 amide bonds. The van der Waals surface area contributed by atoms with Crippen LogP contribution in [-0.2, 0) is 17.1 Å². The molecule has 20 heavy (non-hydrogen) atoms. The van der Waals surface area contributed by atoms with Crippen LogP contribution < -0.4 is 10.3 Å². The summed E-state index contributed by atoms with van der Waals surface area (Å²) in [6.07, 6.45) is 1.41. The molecule has 5 nitrogen and oxygen atoms in total. The van der Waals surface area contributed by atoms with Gasteiger partial charge in [-0.3, -0.25) is 9.52 Å². The third-order valence-corrected chi connectivity index (χ3v) is 5.13. The Bertz CT molecular complexity index is 818. The van der Waals surface area contributed by atoms with Crippen molar-refractivity contribution in [2.75, 3.05) is 4.72 Å². The number of anilines is 1. The molecule has 106 valence electrons. The molecule has 2 aromatic rings. The van der Waals surface area contributed by atoms with Crippen LogP contribution in [0.3, 0.4) is 0 Å². The molecular formula is C12H10BrClN2O3S. The molecule has 0 saturated heterocycles. The van der Waals surface area contributed by atoms with E-state index in [4.69, 9.17) is 11.6 Å². The van der Waals surface area contributed by atoms with Crippen molar-refractivity contribution in [2.45, 2.75) is 4.90 Å². The number of hydrogen-bond donors (Lipinski definition) is 1. The van der Waals surface area contributed by atoms with Crippen molar-refractivity contribution < 1.29 is 8.42 Å². The van der Waals surface area contributed by atoms with Crippen molar-refractivity contribution >= 4 is 43.2 Å². The first-order valence-electron chi connectivity index (χ1n) is 5.44. The summed E-state index contributed by atoms with van der Waals surface area (Å²) >= 11 is 9.00. The van der Waals surface area contributed by atoms with Gasteiger partial charge in [-0.2, -0.15) is 0 Å². The van der Waals surface area contributed by atoms with E-state index >= 15 is 0 Å². The third-order valence-electron chi connectivity index (χ3n) is 2.54. The Morgan fingerprint density at radius 3 is 2.55 bits per heavy atom. The lowest BCUT2D eigenvalue weighted by Crippen LogP contribution is -2.18. The summed E-state index contributed by atoms with van der Waals surface area (Å²) in [4.78, 5) is 11.3. The largest absolute Gasteiger partial charge is 0.316 e. The maximum atomic E-state index is 12.2. The average Bonchev–Trinajstić information content (AvgIpc) is 2.37. The molecule has 0 aliphatic rings. The minimum absolute atomic E-state index is 0.0719. The third kappa shape index (κ3) is 3.23. The first-order chi connectivity index (χ1) is 9.29. The lowest BCUT2D eigenvalue weighted by Gasteiger charge is -2.09. The molecule has 0 bridgehead atoms. The van der Waals surface area contributed by atoms with E-state index in [0.29, 0.717) is 15.2 Å². The van der Waals surface area contributed by atoms with Crippen molar-refractivity contribution in [2.24, 2.45) is 7.05 Å². The van der Waals surface area contributed by atoms with Gasteiger partial charge in [0.25, 0.3) is 10.0 Å². The summed E-state index contributed by atoms with van der Waals surface area (Å²) in [5, 5.41) is 0.422. The summed E-state index contributed by atoms with van der Waals surface area (Å²) in [7, 11) is -2.20. The quantitative estimate of drug-likeness (QED) is 0.894. The van der Waals surface area contributed by atoms with Crippen LogP contribution in [0, 0.1) is 0 Å². The summed E-state index contributed by atoms with van der Waals surface area (Å²) in [6.45, 7) is 0. The van der Waals surface area contributed by atoms with Crippen LogP contribution in [0.5, 0.6) is 0 Å². The van der Waals surface area contributed by atoms with E-state index in [0.717, 1.165) is 0 Å². The predicted octanol–water partition coefficient (Wildman–Crippen LogP) is 2.60. The fourth-order valence-electron chi connectivity index (χ4n) is 1.51. The Morgan fingerprint density at radius 1 is 1.25 bits per heavy atom. The number of sulfonamides is 1. The van der Waals surface area contributed by atoms with Crippen LogP contribution in [0.2, 0.25) is 5.02 Å². The van der Waals surface area contributed by atoms with Gasteiger partial charge in [0, 0.05) is 23.8 Å². The number of rotatable bonds is 3. The van der Waals surface area contributed by atoms with Gasteiger partial charge in [-0.15, -0.1) is 0 Å². The van der Waals surface area contributed by atoms with Crippen LogP contribution in [0.4, 0.5) is 5.69 Å². The molecule has 0 spiro atoms. The van der Waals surface area contributed by atoms with Crippen molar-refractivity contribution in [1.82, 2.24) is 4.57 Å². The molecular weight excluding hydrogens is 368 g/mol. The molecule has 0 atom stereocenters. The Balaban J connectivity index is 2.37. The zero-order valence-corrected chi connectivity index (χ0v) is 13.5. The highest BCUT2D eigenvalue weighted by atomic mass is 79.9. The first-order valence-corrected chi connectivity index (χ1v) is 8.09. The van der Waals surface area contributed by atoms with Crippen molar-refractivity contribution in [1.29, 1.82) is 0 Å². The van der Waals surface area contributed by atoms with Gasteiger partial charge in [0.2, 0.25) is 5.56 Å². The number of nitrogens with one attached hydrogen (secondary N) is 1.